The molecular weight excluding hydrogens is 356 g/mol. The zero-order valence-electron chi connectivity index (χ0n) is 15.6. The number of rotatable bonds is 3. The molecule has 6 nitrogen and oxygen atoms in total. The van der Waals surface area contributed by atoms with Crippen molar-refractivity contribution in [2.75, 3.05) is 26.7 Å². The highest BCUT2D eigenvalue weighted by molar-refractivity contribution is 6.32. The van der Waals surface area contributed by atoms with E-state index < -0.39 is 5.60 Å². The number of carbonyl (C=O) groups excluding carboxylic acids is 2. The summed E-state index contributed by atoms with van der Waals surface area (Å²) >= 11 is 6.21. The van der Waals surface area contributed by atoms with Crippen LogP contribution in [0.1, 0.15) is 25.8 Å². The molecule has 0 radical (unpaired) electrons. The molecule has 2 amide bonds. The normalized spacial score (nSPS) is 23.7. The van der Waals surface area contributed by atoms with Crippen molar-refractivity contribution < 1.29 is 19.1 Å². The highest BCUT2D eigenvalue weighted by Gasteiger charge is 2.45. The Morgan fingerprint density at radius 1 is 1.35 bits per heavy atom. The summed E-state index contributed by atoms with van der Waals surface area (Å²) < 4.78 is 11.8. The number of hydrogen-bond donors (Lipinski definition) is 0. The van der Waals surface area contributed by atoms with Gasteiger partial charge in [0.05, 0.1) is 30.2 Å². The molecule has 3 rings (SSSR count). The Labute approximate surface area is 159 Å². The molecule has 1 aromatic carbocycles. The molecule has 0 aromatic heterocycles. The predicted octanol–water partition coefficient (Wildman–Crippen LogP) is 2.26. The summed E-state index contributed by atoms with van der Waals surface area (Å²) in [5.74, 6) is 0.392. The number of carbonyl (C=O) groups is 2. The molecule has 7 heteroatoms. The third kappa shape index (κ3) is 3.67. The summed E-state index contributed by atoms with van der Waals surface area (Å²) in [6.07, 6.45) is 0.228. The van der Waals surface area contributed by atoms with E-state index >= 15 is 0 Å². The fourth-order valence-electron chi connectivity index (χ4n) is 3.51. The Morgan fingerprint density at radius 2 is 2.08 bits per heavy atom. The van der Waals surface area contributed by atoms with Crippen molar-refractivity contribution in [3.8, 4) is 5.75 Å². The van der Waals surface area contributed by atoms with Gasteiger partial charge in [-0.15, -0.1) is 0 Å². The summed E-state index contributed by atoms with van der Waals surface area (Å²) in [4.78, 5) is 28.5. The van der Waals surface area contributed by atoms with E-state index in [0.29, 0.717) is 36.9 Å². The van der Waals surface area contributed by atoms with Crippen LogP contribution in [0.3, 0.4) is 0 Å². The smallest absolute Gasteiger partial charge is 0.266 e. The third-order valence-corrected chi connectivity index (χ3v) is 5.34. The second kappa shape index (κ2) is 7.08. The van der Waals surface area contributed by atoms with Gasteiger partial charge < -0.3 is 19.3 Å². The van der Waals surface area contributed by atoms with E-state index in [0.717, 1.165) is 5.56 Å². The van der Waals surface area contributed by atoms with E-state index in [4.69, 9.17) is 21.1 Å². The Kier molecular flexibility index (Phi) is 5.17. The Balaban J connectivity index is 1.74. The summed E-state index contributed by atoms with van der Waals surface area (Å²) in [5.41, 5.74) is -0.0755. The Bertz CT molecular complexity index is 721. The zero-order chi connectivity index (χ0) is 19.1. The fourth-order valence-corrected chi connectivity index (χ4v) is 3.66. The number of aryl methyl sites for hydroxylation is 1. The number of hydrogen-bond acceptors (Lipinski definition) is 4. The van der Waals surface area contributed by atoms with Crippen molar-refractivity contribution in [2.45, 2.75) is 44.9 Å². The molecule has 2 fully saturated rings. The number of ether oxygens (including phenoxy) is 2. The average molecular weight is 381 g/mol. The van der Waals surface area contributed by atoms with E-state index in [1.165, 1.54) is 0 Å². The molecule has 0 spiro atoms. The molecule has 2 heterocycles. The van der Waals surface area contributed by atoms with E-state index in [1.54, 1.807) is 36.8 Å². The molecule has 2 saturated heterocycles. The number of halogens is 1. The Morgan fingerprint density at radius 3 is 2.81 bits per heavy atom. The minimum absolute atomic E-state index is 0.0499. The lowest BCUT2D eigenvalue weighted by atomic mass is 10.1. The second-order valence-corrected chi connectivity index (χ2v) is 7.89. The van der Waals surface area contributed by atoms with Gasteiger partial charge in [-0.1, -0.05) is 17.7 Å². The van der Waals surface area contributed by atoms with Crippen LogP contribution in [0, 0.1) is 6.92 Å². The van der Waals surface area contributed by atoms with Gasteiger partial charge in [-0.2, -0.15) is 0 Å². The van der Waals surface area contributed by atoms with Crippen molar-refractivity contribution in [1.82, 2.24) is 9.80 Å². The quantitative estimate of drug-likeness (QED) is 0.807. The SMILES string of the molecule is Cc1ccc(Cl)c(OC(C)(C)C(=O)N2C[C@@H]3OCCC(=O)N(C)[C@H]3C2)c1. The van der Waals surface area contributed by atoms with E-state index in [1.807, 2.05) is 19.1 Å². The van der Waals surface area contributed by atoms with Crippen LogP contribution in [-0.4, -0.2) is 66.1 Å². The van der Waals surface area contributed by atoms with Gasteiger partial charge in [-0.05, 0) is 38.5 Å². The molecule has 26 heavy (non-hydrogen) atoms. The molecule has 0 bridgehead atoms. The Hall–Kier alpha value is -1.79. The molecule has 0 saturated carbocycles. The zero-order valence-corrected chi connectivity index (χ0v) is 16.4. The molecule has 2 atom stereocenters. The summed E-state index contributed by atoms with van der Waals surface area (Å²) in [6, 6.07) is 5.35. The van der Waals surface area contributed by atoms with Gasteiger partial charge in [0.1, 0.15) is 5.75 Å². The van der Waals surface area contributed by atoms with Crippen molar-refractivity contribution in [3.05, 3.63) is 28.8 Å². The molecule has 1 aromatic rings. The van der Waals surface area contributed by atoms with Crippen LogP contribution < -0.4 is 4.74 Å². The number of fused-ring (bicyclic) bond motifs is 1. The molecule has 2 aliphatic rings. The standard InChI is InChI=1S/C19H25ClN2O4/c1-12-5-6-13(20)15(9-12)26-19(2,3)18(24)22-10-14-16(11-22)25-8-7-17(23)21(14)4/h5-6,9,14,16H,7-8,10-11H2,1-4H3/t14-,16-/m0/s1. The van der Waals surface area contributed by atoms with Crippen molar-refractivity contribution in [1.29, 1.82) is 0 Å². The van der Waals surface area contributed by atoms with Gasteiger partial charge >= 0.3 is 0 Å². The first-order chi connectivity index (χ1) is 12.2. The first-order valence-electron chi connectivity index (χ1n) is 8.81. The first-order valence-corrected chi connectivity index (χ1v) is 9.18. The fraction of sp³-hybridized carbons (Fsp3) is 0.579. The van der Waals surface area contributed by atoms with Crippen molar-refractivity contribution >= 4 is 23.4 Å². The van der Waals surface area contributed by atoms with Crippen LogP contribution >= 0.6 is 11.6 Å². The highest BCUT2D eigenvalue weighted by atomic mass is 35.5. The van der Waals surface area contributed by atoms with Gasteiger partial charge in [-0.3, -0.25) is 9.59 Å². The number of benzene rings is 1. The maximum Gasteiger partial charge on any atom is 0.266 e. The summed E-state index contributed by atoms with van der Waals surface area (Å²) in [6.45, 7) is 6.70. The highest BCUT2D eigenvalue weighted by Crippen LogP contribution is 2.31. The first kappa shape index (κ1) is 19.0. The predicted molar refractivity (Wildman–Crippen MR) is 98.4 cm³/mol. The monoisotopic (exact) mass is 380 g/mol. The van der Waals surface area contributed by atoms with Crippen LogP contribution in [0.2, 0.25) is 5.02 Å². The van der Waals surface area contributed by atoms with Crippen LogP contribution in [-0.2, 0) is 14.3 Å². The molecule has 142 valence electrons. The van der Waals surface area contributed by atoms with Crippen LogP contribution in [0.5, 0.6) is 5.75 Å². The van der Waals surface area contributed by atoms with Gasteiger partial charge in [0.15, 0.2) is 5.60 Å². The lowest BCUT2D eigenvalue weighted by Gasteiger charge is -2.31. The van der Waals surface area contributed by atoms with Crippen LogP contribution in [0.25, 0.3) is 0 Å². The average Bonchev–Trinajstić information content (AvgIpc) is 2.95. The third-order valence-electron chi connectivity index (χ3n) is 5.03. The maximum atomic E-state index is 13.1. The number of likely N-dealkylation sites (N-methyl/N-ethyl adjacent to an activating group) is 1. The van der Waals surface area contributed by atoms with Crippen LogP contribution in [0.15, 0.2) is 18.2 Å². The molecule has 0 N–H and O–H groups in total. The number of nitrogens with zero attached hydrogens (tertiary/aromatic N) is 2. The minimum Gasteiger partial charge on any atom is -0.476 e. The van der Waals surface area contributed by atoms with Crippen molar-refractivity contribution in [3.63, 3.8) is 0 Å². The lowest BCUT2D eigenvalue weighted by molar-refractivity contribution is -0.145. The topological polar surface area (TPSA) is 59.1 Å². The van der Waals surface area contributed by atoms with Crippen LogP contribution in [0.4, 0.5) is 0 Å². The van der Waals surface area contributed by atoms with Gasteiger partial charge in [0.2, 0.25) is 5.91 Å². The van der Waals surface area contributed by atoms with Gasteiger partial charge in [0, 0.05) is 20.1 Å². The molecule has 2 aliphatic heterocycles. The summed E-state index contributed by atoms with van der Waals surface area (Å²) in [5, 5.41) is 0.469. The molecule has 0 aliphatic carbocycles. The van der Waals surface area contributed by atoms with Gasteiger partial charge in [0.25, 0.3) is 5.91 Å². The lowest BCUT2D eigenvalue weighted by Crippen LogP contribution is -2.49. The van der Waals surface area contributed by atoms with Gasteiger partial charge in [-0.25, -0.2) is 0 Å². The molecular formula is C19H25ClN2O4. The molecule has 0 unspecified atom stereocenters. The van der Waals surface area contributed by atoms with E-state index in [-0.39, 0.29) is 24.0 Å². The minimum atomic E-state index is -1.08. The second-order valence-electron chi connectivity index (χ2n) is 7.49. The van der Waals surface area contributed by atoms with Crippen molar-refractivity contribution in [2.24, 2.45) is 0 Å². The largest absolute Gasteiger partial charge is 0.476 e. The van der Waals surface area contributed by atoms with E-state index in [2.05, 4.69) is 0 Å². The summed E-state index contributed by atoms with van der Waals surface area (Å²) in [7, 11) is 1.77. The van der Waals surface area contributed by atoms with E-state index in [9.17, 15) is 9.59 Å². The number of amides is 2. The number of likely N-dealkylation sites (tertiary alicyclic amines) is 1. The maximum absolute atomic E-state index is 13.1.